The Morgan fingerprint density at radius 1 is 1.07 bits per heavy atom. The topological polar surface area (TPSA) is 64.6 Å². The Morgan fingerprint density at radius 2 is 1.74 bits per heavy atom. The summed E-state index contributed by atoms with van der Waals surface area (Å²) in [5.41, 5.74) is 2.62. The number of hydrogen-bond acceptors (Lipinski definition) is 5. The van der Waals surface area contributed by atoms with Gasteiger partial charge in [0.25, 0.3) is 5.91 Å². The minimum Gasteiger partial charge on any atom is -0.497 e. The third-order valence-electron chi connectivity index (χ3n) is 4.20. The van der Waals surface area contributed by atoms with Gasteiger partial charge in [0.15, 0.2) is 6.10 Å². The molecule has 0 saturated heterocycles. The third kappa shape index (κ3) is 4.34. The summed E-state index contributed by atoms with van der Waals surface area (Å²) in [6.45, 7) is 3.17. The van der Waals surface area contributed by atoms with Crippen molar-refractivity contribution in [1.82, 2.24) is 5.32 Å². The Bertz CT molecular complexity index is 862. The minimum atomic E-state index is -0.933. The lowest BCUT2D eigenvalue weighted by atomic mass is 10.1. The van der Waals surface area contributed by atoms with Gasteiger partial charge in [-0.15, -0.1) is 11.8 Å². The number of carbonyl (C=O) groups excluding carboxylic acids is 2. The highest BCUT2D eigenvalue weighted by molar-refractivity contribution is 8.08. The highest BCUT2D eigenvalue weighted by Gasteiger charge is 2.37. The number of ether oxygens (including phenoxy) is 2. The average Bonchev–Trinajstić information content (AvgIpc) is 2.79. The van der Waals surface area contributed by atoms with Crippen LogP contribution in [0.15, 0.2) is 60.3 Å². The molecule has 5 nitrogen and oxygen atoms in total. The van der Waals surface area contributed by atoms with Crippen LogP contribution in [0, 0.1) is 0 Å². The van der Waals surface area contributed by atoms with Gasteiger partial charge in [0, 0.05) is 17.5 Å². The van der Waals surface area contributed by atoms with Gasteiger partial charge in [-0.2, -0.15) is 0 Å². The Balaban J connectivity index is 2.05. The molecule has 6 heteroatoms. The van der Waals surface area contributed by atoms with Crippen LogP contribution in [0.2, 0.25) is 0 Å². The van der Waals surface area contributed by atoms with Crippen molar-refractivity contribution in [1.29, 1.82) is 0 Å². The molecule has 2 aromatic rings. The van der Waals surface area contributed by atoms with Crippen LogP contribution in [0.25, 0.3) is 4.91 Å². The van der Waals surface area contributed by atoms with E-state index in [0.29, 0.717) is 0 Å². The average molecular weight is 383 g/mol. The highest BCUT2D eigenvalue weighted by Crippen LogP contribution is 2.46. The maximum atomic E-state index is 12.8. The second kappa shape index (κ2) is 8.31. The molecule has 0 aliphatic carbocycles. The SMILES string of the molecule is COc1ccc([C@H]2SC(c3ccccc3)=C(C)NC(=O)[C@@H]2OC(C)=O)cc1. The van der Waals surface area contributed by atoms with Crippen molar-refractivity contribution < 1.29 is 19.1 Å². The molecular weight excluding hydrogens is 362 g/mol. The lowest BCUT2D eigenvalue weighted by Crippen LogP contribution is -2.38. The largest absolute Gasteiger partial charge is 0.497 e. The number of amides is 1. The van der Waals surface area contributed by atoms with E-state index in [4.69, 9.17) is 9.47 Å². The summed E-state index contributed by atoms with van der Waals surface area (Å²) >= 11 is 1.51. The Kier molecular flexibility index (Phi) is 5.86. The quantitative estimate of drug-likeness (QED) is 0.811. The van der Waals surface area contributed by atoms with Crippen LogP contribution >= 0.6 is 11.8 Å². The molecule has 1 aliphatic heterocycles. The zero-order valence-electron chi connectivity index (χ0n) is 15.4. The first-order valence-electron chi connectivity index (χ1n) is 8.54. The van der Waals surface area contributed by atoms with Gasteiger partial charge in [0.1, 0.15) is 5.75 Å². The van der Waals surface area contributed by atoms with E-state index in [-0.39, 0.29) is 11.2 Å². The molecule has 2 atom stereocenters. The summed E-state index contributed by atoms with van der Waals surface area (Å²) < 4.78 is 10.6. The zero-order chi connectivity index (χ0) is 19.4. The van der Waals surface area contributed by atoms with Crippen LogP contribution < -0.4 is 10.1 Å². The fourth-order valence-corrected chi connectivity index (χ4v) is 4.28. The Hall–Kier alpha value is -2.73. The Morgan fingerprint density at radius 3 is 2.33 bits per heavy atom. The first-order chi connectivity index (χ1) is 13.0. The number of thioether (sulfide) groups is 1. The molecule has 1 heterocycles. The van der Waals surface area contributed by atoms with Crippen LogP contribution in [0.4, 0.5) is 0 Å². The second-order valence-electron chi connectivity index (χ2n) is 6.15. The van der Waals surface area contributed by atoms with Gasteiger partial charge in [0.2, 0.25) is 0 Å². The fourth-order valence-electron chi connectivity index (χ4n) is 2.93. The van der Waals surface area contributed by atoms with Crippen molar-refractivity contribution in [2.24, 2.45) is 0 Å². The fraction of sp³-hybridized carbons (Fsp3) is 0.238. The summed E-state index contributed by atoms with van der Waals surface area (Å²) in [6, 6.07) is 17.3. The lowest BCUT2D eigenvalue weighted by molar-refractivity contribution is -0.153. The van der Waals surface area contributed by atoms with Crippen LogP contribution in [0.1, 0.15) is 30.2 Å². The Labute approximate surface area is 162 Å². The molecule has 0 fully saturated rings. The maximum Gasteiger partial charge on any atom is 0.303 e. The van der Waals surface area contributed by atoms with E-state index >= 15 is 0 Å². The van der Waals surface area contributed by atoms with E-state index < -0.39 is 12.1 Å². The highest BCUT2D eigenvalue weighted by atomic mass is 32.2. The smallest absolute Gasteiger partial charge is 0.303 e. The molecular formula is C21H21NO4S. The van der Waals surface area contributed by atoms with Crippen LogP contribution in [0.5, 0.6) is 5.75 Å². The van der Waals surface area contributed by atoms with Crippen molar-refractivity contribution in [2.75, 3.05) is 7.11 Å². The summed E-state index contributed by atoms with van der Waals surface area (Å²) in [5, 5.41) is 2.50. The van der Waals surface area contributed by atoms with Crippen molar-refractivity contribution in [3.05, 3.63) is 71.4 Å². The van der Waals surface area contributed by atoms with E-state index in [1.54, 1.807) is 7.11 Å². The van der Waals surface area contributed by atoms with Crippen LogP contribution in [-0.4, -0.2) is 25.1 Å². The molecule has 0 bridgehead atoms. The van der Waals surface area contributed by atoms with Gasteiger partial charge in [0.05, 0.1) is 12.4 Å². The summed E-state index contributed by atoms with van der Waals surface area (Å²) in [6.07, 6.45) is -0.933. The van der Waals surface area contributed by atoms with E-state index in [0.717, 1.165) is 27.5 Å². The van der Waals surface area contributed by atoms with Gasteiger partial charge in [-0.3, -0.25) is 9.59 Å². The number of benzene rings is 2. The first-order valence-corrected chi connectivity index (χ1v) is 9.42. The lowest BCUT2D eigenvalue weighted by Gasteiger charge is -2.24. The van der Waals surface area contributed by atoms with Crippen molar-refractivity contribution in [3.63, 3.8) is 0 Å². The number of carbonyl (C=O) groups is 2. The molecule has 140 valence electrons. The number of allylic oxidation sites excluding steroid dienone is 1. The summed E-state index contributed by atoms with van der Waals surface area (Å²) in [7, 11) is 1.60. The van der Waals surface area contributed by atoms with Crippen molar-refractivity contribution >= 4 is 28.5 Å². The molecule has 1 N–H and O–H groups in total. The molecule has 0 unspecified atom stereocenters. The summed E-state index contributed by atoms with van der Waals surface area (Å²) in [5.74, 6) is -0.0992. The predicted molar refractivity (Wildman–Crippen MR) is 106 cm³/mol. The number of nitrogens with one attached hydrogen (secondary N) is 1. The standard InChI is InChI=1S/C21H21NO4S/c1-13-19(15-7-5-4-6-8-15)27-20(16-9-11-17(25-3)12-10-16)18(21(24)22-13)26-14(2)23/h4-12,18,20H,1-3H3,(H,22,24)/t18-,20-/m1/s1. The van der Waals surface area contributed by atoms with E-state index in [1.807, 2.05) is 61.5 Å². The number of rotatable bonds is 4. The van der Waals surface area contributed by atoms with Gasteiger partial charge in [-0.05, 0) is 30.2 Å². The number of hydrogen-bond donors (Lipinski definition) is 1. The molecule has 0 aromatic heterocycles. The second-order valence-corrected chi connectivity index (χ2v) is 7.30. The molecule has 27 heavy (non-hydrogen) atoms. The van der Waals surface area contributed by atoms with Crippen molar-refractivity contribution in [2.45, 2.75) is 25.2 Å². The molecule has 1 amide bonds. The van der Waals surface area contributed by atoms with Crippen molar-refractivity contribution in [3.8, 4) is 5.75 Å². The predicted octanol–water partition coefficient (Wildman–Crippen LogP) is 3.92. The maximum absolute atomic E-state index is 12.8. The van der Waals surface area contributed by atoms with E-state index in [1.165, 1.54) is 18.7 Å². The third-order valence-corrected chi connectivity index (χ3v) is 5.75. The normalized spacial score (nSPS) is 19.9. The molecule has 0 radical (unpaired) electrons. The molecule has 2 aromatic carbocycles. The number of esters is 1. The minimum absolute atomic E-state index is 0.332. The monoisotopic (exact) mass is 383 g/mol. The van der Waals surface area contributed by atoms with E-state index in [2.05, 4.69) is 5.32 Å². The molecule has 1 aliphatic rings. The first kappa shape index (κ1) is 19.0. The molecule has 0 spiro atoms. The van der Waals surface area contributed by atoms with Gasteiger partial charge < -0.3 is 14.8 Å². The van der Waals surface area contributed by atoms with Gasteiger partial charge in [-0.25, -0.2) is 0 Å². The summed E-state index contributed by atoms with van der Waals surface area (Å²) in [4.78, 5) is 25.4. The molecule has 0 saturated carbocycles. The van der Waals surface area contributed by atoms with Gasteiger partial charge in [-0.1, -0.05) is 42.5 Å². The van der Waals surface area contributed by atoms with E-state index in [9.17, 15) is 9.59 Å². The zero-order valence-corrected chi connectivity index (χ0v) is 16.2. The van der Waals surface area contributed by atoms with Crippen LogP contribution in [-0.2, 0) is 14.3 Å². The van der Waals surface area contributed by atoms with Crippen LogP contribution in [0.3, 0.4) is 0 Å². The number of methoxy groups -OCH3 is 1. The van der Waals surface area contributed by atoms with Gasteiger partial charge >= 0.3 is 5.97 Å². The molecule has 3 rings (SSSR count).